The van der Waals surface area contributed by atoms with Crippen LogP contribution in [0.3, 0.4) is 0 Å². The van der Waals surface area contributed by atoms with Crippen LogP contribution in [-0.2, 0) is 9.59 Å². The van der Waals surface area contributed by atoms with Gasteiger partial charge in [-0.05, 0) is 57.4 Å². The van der Waals surface area contributed by atoms with Crippen molar-refractivity contribution in [1.29, 1.82) is 0 Å². The molecule has 0 aromatic heterocycles. The molecule has 138 valence electrons. The van der Waals surface area contributed by atoms with Crippen LogP contribution >= 0.6 is 0 Å². The highest BCUT2D eigenvalue weighted by atomic mass is 16.1. The van der Waals surface area contributed by atoms with Crippen molar-refractivity contribution in [3.05, 3.63) is 24.8 Å². The van der Waals surface area contributed by atoms with Crippen molar-refractivity contribution in [1.82, 2.24) is 0 Å². The lowest BCUT2D eigenvalue weighted by atomic mass is 9.75. The lowest BCUT2D eigenvalue weighted by molar-refractivity contribution is -0.121. The maximum Gasteiger partial charge on any atom is 0.158 e. The van der Waals surface area contributed by atoms with Gasteiger partial charge in [-0.3, -0.25) is 4.79 Å². The summed E-state index contributed by atoms with van der Waals surface area (Å²) in [6.07, 6.45) is 17.4. The molecule has 2 unspecified atom stereocenters. The summed E-state index contributed by atoms with van der Waals surface area (Å²) in [7, 11) is 0. The summed E-state index contributed by atoms with van der Waals surface area (Å²) in [6.45, 7) is 10.1. The summed E-state index contributed by atoms with van der Waals surface area (Å²) in [6, 6.07) is 0. The quantitative estimate of drug-likeness (QED) is 0.141. The van der Waals surface area contributed by atoms with Crippen LogP contribution in [0.15, 0.2) is 24.8 Å². The maximum absolute atomic E-state index is 12.5. The van der Waals surface area contributed by atoms with Gasteiger partial charge < -0.3 is 4.79 Å². The molecule has 0 aromatic carbocycles. The fraction of sp³-hybridized carbons (Fsp3) is 0.727. The zero-order chi connectivity index (χ0) is 18.3. The van der Waals surface area contributed by atoms with Crippen LogP contribution in [0.4, 0.5) is 0 Å². The molecule has 0 aliphatic carbocycles. The number of carbonyl (C=O) groups excluding carboxylic acids is 2. The SMILES string of the molecule is C=CCCCCC(CCC(C=O)(CC)CCC)C(=O)C=CCCC. The molecule has 0 amide bonds. The average Bonchev–Trinajstić information content (AvgIpc) is 2.60. The first-order chi connectivity index (χ1) is 11.6. The third-order valence-electron chi connectivity index (χ3n) is 5.04. The molecule has 24 heavy (non-hydrogen) atoms. The first-order valence-corrected chi connectivity index (χ1v) is 9.86. The fourth-order valence-electron chi connectivity index (χ4n) is 3.25. The number of carbonyl (C=O) groups is 2. The molecule has 0 aromatic rings. The van der Waals surface area contributed by atoms with Gasteiger partial charge in [0.1, 0.15) is 6.29 Å². The van der Waals surface area contributed by atoms with Crippen molar-refractivity contribution in [2.75, 3.05) is 0 Å². The Morgan fingerprint density at radius 2 is 1.79 bits per heavy atom. The molecule has 0 aliphatic heterocycles. The van der Waals surface area contributed by atoms with Gasteiger partial charge in [0.05, 0.1) is 0 Å². The van der Waals surface area contributed by atoms with Crippen LogP contribution in [0.25, 0.3) is 0 Å². The van der Waals surface area contributed by atoms with Gasteiger partial charge in [-0.15, -0.1) is 6.58 Å². The molecule has 0 N–H and O–H groups in total. The maximum atomic E-state index is 12.5. The van der Waals surface area contributed by atoms with Crippen molar-refractivity contribution in [2.45, 2.75) is 91.4 Å². The van der Waals surface area contributed by atoms with E-state index in [4.69, 9.17) is 0 Å². The van der Waals surface area contributed by atoms with Gasteiger partial charge in [0.15, 0.2) is 5.78 Å². The predicted octanol–water partition coefficient (Wildman–Crippen LogP) is 6.45. The number of hydrogen-bond donors (Lipinski definition) is 0. The lowest BCUT2D eigenvalue weighted by Gasteiger charge is -2.28. The Morgan fingerprint density at radius 3 is 2.33 bits per heavy atom. The molecule has 0 spiro atoms. The molecule has 0 aliphatic rings. The summed E-state index contributed by atoms with van der Waals surface area (Å²) in [5.74, 6) is 0.306. The summed E-state index contributed by atoms with van der Waals surface area (Å²) < 4.78 is 0. The number of aldehydes is 1. The zero-order valence-corrected chi connectivity index (χ0v) is 16.2. The van der Waals surface area contributed by atoms with E-state index < -0.39 is 0 Å². The van der Waals surface area contributed by atoms with E-state index in [0.29, 0.717) is 0 Å². The van der Waals surface area contributed by atoms with Gasteiger partial charge in [-0.25, -0.2) is 0 Å². The number of hydrogen-bond acceptors (Lipinski definition) is 2. The Hall–Kier alpha value is -1.18. The first kappa shape index (κ1) is 22.8. The fourth-order valence-corrected chi connectivity index (χ4v) is 3.25. The van der Waals surface area contributed by atoms with Gasteiger partial charge in [-0.1, -0.05) is 52.2 Å². The van der Waals surface area contributed by atoms with E-state index in [2.05, 4.69) is 27.4 Å². The molecule has 0 saturated heterocycles. The smallest absolute Gasteiger partial charge is 0.158 e. The van der Waals surface area contributed by atoms with Crippen molar-refractivity contribution >= 4 is 12.1 Å². The minimum atomic E-state index is -0.235. The highest BCUT2D eigenvalue weighted by Crippen LogP contribution is 2.34. The predicted molar refractivity (Wildman–Crippen MR) is 104 cm³/mol. The van der Waals surface area contributed by atoms with E-state index in [1.54, 1.807) is 6.08 Å². The van der Waals surface area contributed by atoms with Crippen molar-refractivity contribution < 1.29 is 9.59 Å². The second-order valence-corrected chi connectivity index (χ2v) is 6.99. The molecule has 2 atom stereocenters. The van der Waals surface area contributed by atoms with Gasteiger partial charge in [0, 0.05) is 11.3 Å². The van der Waals surface area contributed by atoms with Crippen LogP contribution in [0, 0.1) is 11.3 Å². The van der Waals surface area contributed by atoms with Crippen LogP contribution in [0.1, 0.15) is 91.4 Å². The van der Waals surface area contributed by atoms with Gasteiger partial charge in [-0.2, -0.15) is 0 Å². The van der Waals surface area contributed by atoms with Crippen LogP contribution in [0.2, 0.25) is 0 Å². The molecular weight excluding hydrogens is 296 g/mol. The van der Waals surface area contributed by atoms with E-state index >= 15 is 0 Å². The normalized spacial score (nSPS) is 15.1. The summed E-state index contributed by atoms with van der Waals surface area (Å²) in [4.78, 5) is 24.2. The number of ketones is 1. The molecule has 2 nitrogen and oxygen atoms in total. The number of allylic oxidation sites excluding steroid dienone is 3. The van der Waals surface area contributed by atoms with Crippen molar-refractivity contribution in [2.24, 2.45) is 11.3 Å². The molecule has 0 radical (unpaired) electrons. The molecule has 0 bridgehead atoms. The first-order valence-electron chi connectivity index (χ1n) is 9.86. The lowest BCUT2D eigenvalue weighted by Crippen LogP contribution is -2.24. The summed E-state index contributed by atoms with van der Waals surface area (Å²) in [5, 5.41) is 0. The Bertz CT molecular complexity index is 383. The highest BCUT2D eigenvalue weighted by molar-refractivity contribution is 5.91. The standard InChI is InChI=1S/C22H38O2/c1-5-9-11-13-14-20(21(24)15-12-10-6-2)16-18-22(8-4,19-23)17-7-3/h5,12,15,19-20H,1,6-11,13-14,16-18H2,2-4H3. The third kappa shape index (κ3) is 9.20. The third-order valence-corrected chi connectivity index (χ3v) is 5.04. The molecular formula is C22H38O2. The second-order valence-electron chi connectivity index (χ2n) is 6.99. The van der Waals surface area contributed by atoms with E-state index in [9.17, 15) is 9.59 Å². The average molecular weight is 335 g/mol. The molecule has 0 fully saturated rings. The van der Waals surface area contributed by atoms with E-state index in [1.807, 2.05) is 12.2 Å². The minimum Gasteiger partial charge on any atom is -0.303 e. The van der Waals surface area contributed by atoms with Crippen LogP contribution in [0.5, 0.6) is 0 Å². The molecule has 2 heteroatoms. The van der Waals surface area contributed by atoms with Gasteiger partial charge >= 0.3 is 0 Å². The number of rotatable bonds is 16. The second kappa shape index (κ2) is 14.2. The summed E-state index contributed by atoms with van der Waals surface area (Å²) >= 11 is 0. The van der Waals surface area contributed by atoms with Crippen LogP contribution in [-0.4, -0.2) is 12.1 Å². The highest BCUT2D eigenvalue weighted by Gasteiger charge is 2.28. The van der Waals surface area contributed by atoms with Crippen molar-refractivity contribution in [3.8, 4) is 0 Å². The van der Waals surface area contributed by atoms with Gasteiger partial charge in [0.25, 0.3) is 0 Å². The monoisotopic (exact) mass is 334 g/mol. The van der Waals surface area contributed by atoms with E-state index in [-0.39, 0.29) is 17.1 Å². The Labute approximate surface area is 149 Å². The Kier molecular flexibility index (Phi) is 13.5. The van der Waals surface area contributed by atoms with Gasteiger partial charge in [0.2, 0.25) is 0 Å². The molecule has 0 saturated carbocycles. The number of unbranched alkanes of at least 4 members (excludes halogenated alkanes) is 3. The largest absolute Gasteiger partial charge is 0.303 e. The minimum absolute atomic E-state index is 0.0608. The molecule has 0 heterocycles. The van der Waals surface area contributed by atoms with Crippen molar-refractivity contribution in [3.63, 3.8) is 0 Å². The Morgan fingerprint density at radius 1 is 1.04 bits per heavy atom. The van der Waals surface area contributed by atoms with E-state index in [0.717, 1.165) is 76.9 Å². The van der Waals surface area contributed by atoms with E-state index in [1.165, 1.54) is 0 Å². The Balaban J connectivity index is 4.80. The zero-order valence-electron chi connectivity index (χ0n) is 16.2. The molecule has 0 rings (SSSR count). The summed E-state index contributed by atoms with van der Waals surface area (Å²) in [5.41, 5.74) is -0.235. The topological polar surface area (TPSA) is 34.1 Å². The van der Waals surface area contributed by atoms with Crippen LogP contribution < -0.4 is 0 Å².